The number of aromatic carboxylic acids is 1. The van der Waals surface area contributed by atoms with E-state index in [1.807, 2.05) is 13.0 Å². The maximum absolute atomic E-state index is 12.9. The van der Waals surface area contributed by atoms with E-state index in [-0.39, 0.29) is 48.9 Å². The highest BCUT2D eigenvalue weighted by atomic mass is 16.4. The Morgan fingerprint density at radius 3 is 2.51 bits per heavy atom. The Kier molecular flexibility index (Phi) is 10.4. The lowest BCUT2D eigenvalue weighted by Crippen LogP contribution is -2.41. The van der Waals surface area contributed by atoms with Gasteiger partial charge < -0.3 is 37.6 Å². The topological polar surface area (TPSA) is 234 Å². The van der Waals surface area contributed by atoms with E-state index < -0.39 is 29.8 Å². The van der Waals surface area contributed by atoms with Gasteiger partial charge in [-0.2, -0.15) is 4.99 Å². The molecule has 1 aromatic carbocycles. The number of aliphatic imine (C=N–C) groups is 2. The number of fused-ring (bicyclic) bond motifs is 1. The first-order valence-electron chi connectivity index (χ1n) is 14.1. The minimum Gasteiger partial charge on any atom is -0.480 e. The van der Waals surface area contributed by atoms with Crippen LogP contribution in [0.4, 0.5) is 0 Å². The number of aliphatic carboxylic acids is 1. The van der Waals surface area contributed by atoms with Gasteiger partial charge in [0.25, 0.3) is 11.8 Å². The van der Waals surface area contributed by atoms with Crippen LogP contribution in [-0.4, -0.2) is 63.3 Å². The van der Waals surface area contributed by atoms with Gasteiger partial charge in [-0.1, -0.05) is 24.3 Å². The molecule has 1 aliphatic heterocycles. The van der Waals surface area contributed by atoms with Crippen molar-refractivity contribution in [2.24, 2.45) is 21.5 Å². The number of pyridine rings is 1. The van der Waals surface area contributed by atoms with Crippen molar-refractivity contribution >= 4 is 35.5 Å². The number of carbonyl (C=O) groups excluding carboxylic acids is 2. The van der Waals surface area contributed by atoms with Crippen LogP contribution in [0.3, 0.4) is 0 Å². The minimum absolute atomic E-state index is 0.00685. The Morgan fingerprint density at radius 1 is 1.02 bits per heavy atom. The number of rotatable bonds is 12. The van der Waals surface area contributed by atoms with Gasteiger partial charge in [-0.05, 0) is 61.6 Å². The molecule has 0 radical (unpaired) electrons. The number of amides is 2. The van der Waals surface area contributed by atoms with Crippen LogP contribution in [0.15, 0.2) is 76.0 Å². The standard InChI is InChI=1S/C31H34N8O6/c1-17-19(15-36-24-16-37-31(33)39-26(32)25(17)24)14-35-20-7-4-6-18(11-12-20)27(40)38-23(30(44)45)10-5-13-34-28(41)21-8-2-3-9-22(21)29(42)43/h2-3,6-9,11-12,15,23,35H,4-5,10,13-14,16H2,1H3,(H,34,41)(H,38,40)(H,42,43)(H,44,45)(H4,32,33,37,39)/t23-/m0/s1. The zero-order valence-corrected chi connectivity index (χ0v) is 24.5. The number of guanidine groups is 1. The molecular weight excluding hydrogens is 580 g/mol. The Balaban J connectivity index is 1.28. The fraction of sp³-hybridized carbons (Fsp3) is 0.258. The summed E-state index contributed by atoms with van der Waals surface area (Å²) in [4.78, 5) is 61.3. The van der Waals surface area contributed by atoms with E-state index in [0.717, 1.165) is 16.8 Å². The summed E-state index contributed by atoms with van der Waals surface area (Å²) in [5.74, 6) is -3.21. The summed E-state index contributed by atoms with van der Waals surface area (Å²) in [6, 6.07) is 4.60. The van der Waals surface area contributed by atoms with Gasteiger partial charge in [0.1, 0.15) is 11.9 Å². The van der Waals surface area contributed by atoms with E-state index in [9.17, 15) is 29.4 Å². The third kappa shape index (κ3) is 8.19. The summed E-state index contributed by atoms with van der Waals surface area (Å²) in [6.07, 6.45) is 9.38. The van der Waals surface area contributed by atoms with Crippen LogP contribution in [0.25, 0.3) is 0 Å². The molecule has 0 bridgehead atoms. The normalized spacial score (nSPS) is 14.7. The molecule has 1 atom stereocenters. The summed E-state index contributed by atoms with van der Waals surface area (Å²) < 4.78 is 0. The van der Waals surface area contributed by atoms with E-state index in [0.29, 0.717) is 29.8 Å². The van der Waals surface area contributed by atoms with Gasteiger partial charge in [0.2, 0.25) is 5.96 Å². The first kappa shape index (κ1) is 32.1. The second-order valence-electron chi connectivity index (χ2n) is 10.3. The van der Waals surface area contributed by atoms with Crippen LogP contribution >= 0.6 is 0 Å². The number of allylic oxidation sites excluding steroid dienone is 3. The predicted molar refractivity (Wildman–Crippen MR) is 166 cm³/mol. The summed E-state index contributed by atoms with van der Waals surface area (Å²) in [6.45, 7) is 2.72. The third-order valence-electron chi connectivity index (χ3n) is 7.23. The second-order valence-corrected chi connectivity index (χ2v) is 10.3. The molecule has 14 heteroatoms. The average molecular weight is 615 g/mol. The molecule has 2 heterocycles. The van der Waals surface area contributed by atoms with Crippen LogP contribution in [0.2, 0.25) is 0 Å². The Labute approximate surface area is 258 Å². The molecule has 4 rings (SSSR count). The largest absolute Gasteiger partial charge is 0.480 e. The van der Waals surface area contributed by atoms with Gasteiger partial charge in [-0.25, -0.2) is 14.6 Å². The monoisotopic (exact) mass is 614 g/mol. The molecule has 14 nitrogen and oxygen atoms in total. The fourth-order valence-electron chi connectivity index (χ4n) is 4.80. The molecule has 0 unspecified atom stereocenters. The quantitative estimate of drug-likeness (QED) is 0.169. The molecule has 234 valence electrons. The van der Waals surface area contributed by atoms with Crippen LogP contribution in [0.5, 0.6) is 0 Å². The fourth-order valence-corrected chi connectivity index (χ4v) is 4.80. The van der Waals surface area contributed by atoms with Crippen molar-refractivity contribution in [2.45, 2.75) is 45.3 Å². The number of aromatic nitrogens is 1. The van der Waals surface area contributed by atoms with Crippen molar-refractivity contribution in [2.75, 3.05) is 6.54 Å². The maximum atomic E-state index is 12.9. The number of nitrogens with two attached hydrogens (primary N) is 2. The number of hydrogen-bond acceptors (Lipinski definition) is 10. The van der Waals surface area contributed by atoms with Gasteiger partial charge in [0.15, 0.2) is 0 Å². The molecule has 0 spiro atoms. The van der Waals surface area contributed by atoms with E-state index >= 15 is 0 Å². The molecule has 2 aliphatic rings. The zero-order chi connectivity index (χ0) is 32.5. The number of hydrogen-bond donors (Lipinski definition) is 7. The first-order valence-corrected chi connectivity index (χ1v) is 14.1. The summed E-state index contributed by atoms with van der Waals surface area (Å²) in [5, 5.41) is 27.4. The Bertz CT molecular complexity index is 1670. The van der Waals surface area contributed by atoms with Gasteiger partial charge in [0.05, 0.1) is 23.4 Å². The number of carboxylic acids is 2. The highest BCUT2D eigenvalue weighted by molar-refractivity contribution is 6.07. The lowest BCUT2D eigenvalue weighted by Gasteiger charge is -2.15. The van der Waals surface area contributed by atoms with Crippen LogP contribution in [-0.2, 0) is 22.7 Å². The molecule has 45 heavy (non-hydrogen) atoms. The lowest BCUT2D eigenvalue weighted by atomic mass is 10.0. The predicted octanol–water partition coefficient (Wildman–Crippen LogP) is 1.26. The molecule has 0 saturated heterocycles. The van der Waals surface area contributed by atoms with E-state index in [4.69, 9.17) is 11.5 Å². The highest BCUT2D eigenvalue weighted by Gasteiger charge is 2.22. The average Bonchev–Trinajstić information content (AvgIpc) is 3.34. The van der Waals surface area contributed by atoms with Crippen molar-refractivity contribution in [3.63, 3.8) is 0 Å². The SMILES string of the molecule is Cc1c(CNC2=CCC=C(C(=O)N[C@@H](CCCNC(=O)c3ccccc3C(=O)O)C(=O)O)C=C2)cnc2c1C(N)=NC(N)=NC2. The van der Waals surface area contributed by atoms with Crippen LogP contribution < -0.4 is 27.4 Å². The minimum atomic E-state index is -1.23. The first-order chi connectivity index (χ1) is 21.5. The molecule has 1 aromatic heterocycles. The summed E-state index contributed by atoms with van der Waals surface area (Å²) >= 11 is 0. The van der Waals surface area contributed by atoms with Gasteiger partial charge in [-0.15, -0.1) is 0 Å². The van der Waals surface area contributed by atoms with Crippen molar-refractivity contribution in [3.8, 4) is 0 Å². The molecule has 9 N–H and O–H groups in total. The van der Waals surface area contributed by atoms with Gasteiger partial charge in [0, 0.05) is 36.1 Å². The third-order valence-corrected chi connectivity index (χ3v) is 7.23. The number of benzene rings is 1. The Hall–Kier alpha value is -5.79. The van der Waals surface area contributed by atoms with Crippen LogP contribution in [0.1, 0.15) is 62.4 Å². The van der Waals surface area contributed by atoms with Crippen LogP contribution in [0, 0.1) is 6.92 Å². The van der Waals surface area contributed by atoms with Crippen molar-refractivity contribution in [1.82, 2.24) is 20.9 Å². The summed E-state index contributed by atoms with van der Waals surface area (Å²) in [7, 11) is 0. The van der Waals surface area contributed by atoms with Gasteiger partial charge in [-0.3, -0.25) is 14.6 Å². The van der Waals surface area contributed by atoms with Crippen molar-refractivity contribution < 1.29 is 29.4 Å². The number of nitrogens with zero attached hydrogens (tertiary/aromatic N) is 3. The number of amidine groups is 1. The van der Waals surface area contributed by atoms with Gasteiger partial charge >= 0.3 is 11.9 Å². The molecule has 2 aromatic rings. The molecule has 0 saturated carbocycles. The van der Waals surface area contributed by atoms with Crippen molar-refractivity contribution in [1.29, 1.82) is 0 Å². The second kappa shape index (κ2) is 14.6. The molecular formula is C31H34N8O6. The number of nitrogens with one attached hydrogen (secondary N) is 3. The van der Waals surface area contributed by atoms with Crippen molar-refractivity contribution in [3.05, 3.63) is 99.5 Å². The maximum Gasteiger partial charge on any atom is 0.336 e. The van der Waals surface area contributed by atoms with E-state index in [1.54, 1.807) is 30.5 Å². The smallest absolute Gasteiger partial charge is 0.336 e. The molecule has 1 aliphatic carbocycles. The van der Waals surface area contributed by atoms with E-state index in [2.05, 4.69) is 30.9 Å². The summed E-state index contributed by atoms with van der Waals surface area (Å²) in [5.41, 5.74) is 16.0. The highest BCUT2D eigenvalue weighted by Crippen LogP contribution is 2.20. The van der Waals surface area contributed by atoms with E-state index in [1.165, 1.54) is 18.2 Å². The number of carboxylic acid groups (broad SMARTS) is 2. The zero-order valence-electron chi connectivity index (χ0n) is 24.5. The molecule has 0 fully saturated rings. The lowest BCUT2D eigenvalue weighted by molar-refractivity contribution is -0.141. The molecule has 2 amide bonds. The number of carbonyl (C=O) groups is 4. The Morgan fingerprint density at radius 2 is 1.78 bits per heavy atom.